The molecule has 0 fully saturated rings. The number of fused-ring (bicyclic) bond motifs is 2. The number of carbonyl (C=O) groups excluding carboxylic acids is 1. The number of halogens is 1. The number of hydrogen-bond donors (Lipinski definition) is 0. The summed E-state index contributed by atoms with van der Waals surface area (Å²) in [5.41, 5.74) is 3.48. The first-order valence-electron chi connectivity index (χ1n) is 11.3. The summed E-state index contributed by atoms with van der Waals surface area (Å²) < 4.78 is 9.72. The molecule has 0 saturated heterocycles. The Balaban J connectivity index is 1.74. The lowest BCUT2D eigenvalue weighted by Crippen LogP contribution is -2.40. The molecule has 0 aliphatic carbocycles. The van der Waals surface area contributed by atoms with Crippen molar-refractivity contribution in [2.45, 2.75) is 32.9 Å². The highest BCUT2D eigenvalue weighted by Crippen LogP contribution is 2.31. The first-order valence-corrected chi connectivity index (χ1v) is 12.5. The summed E-state index contributed by atoms with van der Waals surface area (Å²) in [7, 11) is 1.98. The van der Waals surface area contributed by atoms with Gasteiger partial charge in [0.25, 0.3) is 5.56 Å². The number of carbonyl (C=O) groups is 1. The quantitative estimate of drug-likeness (QED) is 0.388. The molecule has 178 valence electrons. The average molecular weight is 506 g/mol. The molecule has 6 nitrogen and oxygen atoms in total. The highest BCUT2D eigenvalue weighted by molar-refractivity contribution is 7.07. The lowest BCUT2D eigenvalue weighted by Gasteiger charge is -2.25. The van der Waals surface area contributed by atoms with E-state index in [0.29, 0.717) is 25.6 Å². The Bertz CT molecular complexity index is 1670. The predicted molar refractivity (Wildman–Crippen MR) is 139 cm³/mol. The first kappa shape index (κ1) is 23.3. The Labute approximate surface area is 211 Å². The number of ether oxygens (including phenoxy) is 1. The normalized spacial score (nSPS) is 16.1. The molecule has 35 heavy (non-hydrogen) atoms. The summed E-state index contributed by atoms with van der Waals surface area (Å²) in [4.78, 5) is 32.1. The summed E-state index contributed by atoms with van der Waals surface area (Å²) >= 11 is 7.44. The van der Waals surface area contributed by atoms with Gasteiger partial charge in [-0.15, -0.1) is 0 Å². The van der Waals surface area contributed by atoms with Crippen LogP contribution in [0.15, 0.2) is 75.8 Å². The molecule has 0 N–H and O–H groups in total. The van der Waals surface area contributed by atoms with Gasteiger partial charge in [-0.3, -0.25) is 9.36 Å². The molecule has 1 aliphatic rings. The summed E-state index contributed by atoms with van der Waals surface area (Å²) in [6.07, 6.45) is 3.61. The molecule has 8 heteroatoms. The minimum Gasteiger partial charge on any atom is -0.459 e. The molecule has 0 unspecified atom stereocenters. The maximum absolute atomic E-state index is 13.8. The maximum atomic E-state index is 13.8. The lowest BCUT2D eigenvalue weighted by atomic mass is 9.96. The van der Waals surface area contributed by atoms with Crippen LogP contribution in [0.5, 0.6) is 0 Å². The van der Waals surface area contributed by atoms with Crippen LogP contribution in [-0.4, -0.2) is 21.2 Å². The third kappa shape index (κ3) is 4.15. The number of aryl methyl sites for hydroxylation is 1. The van der Waals surface area contributed by atoms with Gasteiger partial charge in [0, 0.05) is 34.7 Å². The van der Waals surface area contributed by atoms with Crippen LogP contribution >= 0.6 is 22.9 Å². The van der Waals surface area contributed by atoms with Crippen LogP contribution < -0.4 is 14.9 Å². The second kappa shape index (κ2) is 8.98. The first-order chi connectivity index (χ1) is 16.7. The third-order valence-electron chi connectivity index (χ3n) is 5.98. The van der Waals surface area contributed by atoms with E-state index < -0.39 is 12.0 Å². The van der Waals surface area contributed by atoms with Crippen molar-refractivity contribution in [1.82, 2.24) is 9.13 Å². The monoisotopic (exact) mass is 505 g/mol. The predicted octanol–water partition coefficient (Wildman–Crippen LogP) is 4.33. The van der Waals surface area contributed by atoms with E-state index in [1.807, 2.05) is 60.3 Å². The third-order valence-corrected chi connectivity index (χ3v) is 7.22. The fraction of sp³-hybridized carbons (Fsp3) is 0.222. The minimum absolute atomic E-state index is 0.205. The Hall–Kier alpha value is -3.42. The Morgan fingerprint density at radius 3 is 2.60 bits per heavy atom. The van der Waals surface area contributed by atoms with Gasteiger partial charge in [-0.1, -0.05) is 53.3 Å². The average Bonchev–Trinajstić information content (AvgIpc) is 3.29. The topological polar surface area (TPSA) is 65.6 Å². The van der Waals surface area contributed by atoms with Crippen LogP contribution in [0.1, 0.15) is 37.9 Å². The van der Waals surface area contributed by atoms with Gasteiger partial charge in [0.05, 0.1) is 27.9 Å². The summed E-state index contributed by atoms with van der Waals surface area (Å²) in [6.45, 7) is 5.37. The number of rotatable bonds is 4. The van der Waals surface area contributed by atoms with Crippen LogP contribution in [0.2, 0.25) is 5.02 Å². The van der Waals surface area contributed by atoms with E-state index in [9.17, 15) is 9.59 Å². The van der Waals surface area contributed by atoms with Gasteiger partial charge in [-0.2, -0.15) is 0 Å². The zero-order chi connectivity index (χ0) is 24.9. The molecule has 4 aromatic rings. The zero-order valence-corrected chi connectivity index (χ0v) is 21.4. The van der Waals surface area contributed by atoms with Crippen LogP contribution in [0.4, 0.5) is 0 Å². The number of aromatic nitrogens is 2. The fourth-order valence-electron chi connectivity index (χ4n) is 4.45. The van der Waals surface area contributed by atoms with E-state index in [2.05, 4.69) is 4.99 Å². The molecule has 3 heterocycles. The minimum atomic E-state index is -0.663. The van der Waals surface area contributed by atoms with Crippen LogP contribution in [0.25, 0.3) is 17.0 Å². The molecule has 2 aromatic carbocycles. The van der Waals surface area contributed by atoms with Gasteiger partial charge >= 0.3 is 5.97 Å². The maximum Gasteiger partial charge on any atom is 0.338 e. The molecule has 2 aromatic heterocycles. The van der Waals surface area contributed by atoms with Crippen molar-refractivity contribution in [2.24, 2.45) is 12.0 Å². The zero-order valence-electron chi connectivity index (χ0n) is 19.8. The van der Waals surface area contributed by atoms with Gasteiger partial charge in [-0.05, 0) is 50.6 Å². The van der Waals surface area contributed by atoms with Gasteiger partial charge in [0.15, 0.2) is 4.80 Å². The smallest absolute Gasteiger partial charge is 0.338 e. The lowest BCUT2D eigenvalue weighted by molar-refractivity contribution is -0.143. The van der Waals surface area contributed by atoms with Crippen LogP contribution in [-0.2, 0) is 16.6 Å². The fourth-order valence-corrected chi connectivity index (χ4v) is 5.61. The summed E-state index contributed by atoms with van der Waals surface area (Å²) in [5, 5.41) is 1.64. The highest BCUT2D eigenvalue weighted by Gasteiger charge is 2.33. The van der Waals surface area contributed by atoms with Gasteiger partial charge in [-0.25, -0.2) is 9.79 Å². The Kier molecular flexibility index (Phi) is 5.99. The van der Waals surface area contributed by atoms with Crippen molar-refractivity contribution in [3.8, 4) is 0 Å². The molecule has 0 amide bonds. The number of esters is 1. The van der Waals surface area contributed by atoms with Gasteiger partial charge in [0.2, 0.25) is 0 Å². The van der Waals surface area contributed by atoms with Crippen molar-refractivity contribution < 1.29 is 9.53 Å². The van der Waals surface area contributed by atoms with E-state index in [-0.39, 0.29) is 11.7 Å². The number of hydrogen-bond acceptors (Lipinski definition) is 5. The number of thiazole rings is 1. The standard InChI is InChI=1S/C27H24ClN3O3S/c1-15(2)34-26(33)23-16(3)29-27-31(24(23)17-9-11-19(28)12-10-17)25(32)22(35-27)13-18-14-30(4)21-8-6-5-7-20(18)21/h5-15,24H,1-4H3/b22-13-/t24-/m0/s1. The molecule has 1 atom stereocenters. The van der Waals surface area contributed by atoms with Crippen molar-refractivity contribution in [3.63, 3.8) is 0 Å². The number of nitrogens with zero attached hydrogens (tertiary/aromatic N) is 3. The number of para-hydroxylation sites is 1. The van der Waals surface area contributed by atoms with Crippen LogP contribution in [0.3, 0.4) is 0 Å². The van der Waals surface area contributed by atoms with Crippen molar-refractivity contribution in [2.75, 3.05) is 0 Å². The second-order valence-electron chi connectivity index (χ2n) is 8.80. The van der Waals surface area contributed by atoms with E-state index in [4.69, 9.17) is 16.3 Å². The molecule has 0 saturated carbocycles. The number of benzene rings is 2. The Morgan fingerprint density at radius 2 is 1.89 bits per heavy atom. The highest BCUT2D eigenvalue weighted by atomic mass is 35.5. The van der Waals surface area contributed by atoms with Crippen molar-refractivity contribution >= 4 is 45.9 Å². The molecule has 1 aliphatic heterocycles. The molecule has 0 radical (unpaired) electrons. The second-order valence-corrected chi connectivity index (χ2v) is 10.2. The molecular formula is C27H24ClN3O3S. The number of allylic oxidation sites excluding steroid dienone is 1. The largest absolute Gasteiger partial charge is 0.459 e. The van der Waals surface area contributed by atoms with E-state index in [0.717, 1.165) is 22.0 Å². The molecule has 0 spiro atoms. The van der Waals surface area contributed by atoms with E-state index in [1.54, 1.807) is 37.5 Å². The van der Waals surface area contributed by atoms with Crippen LogP contribution in [0, 0.1) is 0 Å². The summed E-state index contributed by atoms with van der Waals surface area (Å²) in [6, 6.07) is 14.6. The molecular weight excluding hydrogens is 482 g/mol. The SMILES string of the molecule is CC1=C(C(=O)OC(C)C)[C@H](c2ccc(Cl)cc2)n2c(s/c(=C\c3cn(C)c4ccccc34)c2=O)=N1. The molecule has 0 bridgehead atoms. The van der Waals surface area contributed by atoms with Gasteiger partial charge < -0.3 is 9.30 Å². The van der Waals surface area contributed by atoms with Crippen molar-refractivity contribution in [1.29, 1.82) is 0 Å². The van der Waals surface area contributed by atoms with E-state index in [1.165, 1.54) is 11.3 Å². The Morgan fingerprint density at radius 1 is 1.17 bits per heavy atom. The summed E-state index contributed by atoms with van der Waals surface area (Å²) in [5.74, 6) is -0.482. The molecule has 5 rings (SSSR count). The van der Waals surface area contributed by atoms with E-state index >= 15 is 0 Å². The van der Waals surface area contributed by atoms with Crippen molar-refractivity contribution in [3.05, 3.63) is 102 Å². The van der Waals surface area contributed by atoms with Gasteiger partial charge in [0.1, 0.15) is 0 Å².